The Kier molecular flexibility index (Phi) is 9.03. The predicted molar refractivity (Wildman–Crippen MR) is 129 cm³/mol. The number of nitrogens with zero attached hydrogens (tertiary/aromatic N) is 2. The van der Waals surface area contributed by atoms with E-state index in [0.717, 1.165) is 25.0 Å². The minimum absolute atomic E-state index is 0. The van der Waals surface area contributed by atoms with Gasteiger partial charge in [-0.2, -0.15) is 8.78 Å². The van der Waals surface area contributed by atoms with Gasteiger partial charge in [-0.3, -0.25) is 4.79 Å². The van der Waals surface area contributed by atoms with Gasteiger partial charge in [-0.25, -0.2) is 13.8 Å². The van der Waals surface area contributed by atoms with Crippen molar-refractivity contribution in [1.82, 2.24) is 9.88 Å². The Balaban J connectivity index is 0.00000380. The first-order valence-corrected chi connectivity index (χ1v) is 11.3. The van der Waals surface area contributed by atoms with Crippen LogP contribution >= 0.6 is 12.4 Å². The lowest BCUT2D eigenvalue weighted by atomic mass is 10.1. The maximum Gasteiger partial charge on any atom is 0.387 e. The molecule has 1 aliphatic rings. The van der Waals surface area contributed by atoms with Gasteiger partial charge in [-0.05, 0) is 49.9 Å². The van der Waals surface area contributed by atoms with Gasteiger partial charge >= 0.3 is 6.61 Å². The molecule has 37 heavy (non-hydrogen) atoms. The van der Waals surface area contributed by atoms with Crippen LogP contribution in [0.1, 0.15) is 47.6 Å². The average molecular weight is 544 g/mol. The van der Waals surface area contributed by atoms with E-state index in [1.807, 2.05) is 0 Å². The molecule has 3 aromatic rings. The maximum absolute atomic E-state index is 14.1. The molecule has 0 saturated heterocycles. The summed E-state index contributed by atoms with van der Waals surface area (Å²) in [5.74, 6) is -1.66. The zero-order chi connectivity index (χ0) is 26.0. The lowest BCUT2D eigenvalue weighted by molar-refractivity contribution is -0.0515. The minimum Gasteiger partial charge on any atom is -0.489 e. The summed E-state index contributed by atoms with van der Waals surface area (Å²) in [6.07, 6.45) is 2.01. The second-order valence-electron chi connectivity index (χ2n) is 8.71. The highest BCUT2D eigenvalue weighted by atomic mass is 35.5. The van der Waals surface area contributed by atoms with Crippen molar-refractivity contribution in [3.8, 4) is 23.0 Å². The molecular formula is C25H26ClF4N3O4. The monoisotopic (exact) mass is 543 g/mol. The second-order valence-corrected chi connectivity index (χ2v) is 8.71. The molecule has 2 aromatic carbocycles. The summed E-state index contributed by atoms with van der Waals surface area (Å²) in [5, 5.41) is 0. The molecule has 4 rings (SSSR count). The molecule has 1 amide bonds. The SMILES string of the molecule is CC(N)c1oc(-c2ccc(OC(F)F)c(OCC3CC3)c2)nc1C(=O)N(C)Cc1ccc(F)cc1F.Cl. The Morgan fingerprint density at radius 1 is 1.19 bits per heavy atom. The van der Waals surface area contributed by atoms with Crippen LogP contribution in [0.3, 0.4) is 0 Å². The summed E-state index contributed by atoms with van der Waals surface area (Å²) < 4.78 is 69.0. The van der Waals surface area contributed by atoms with Gasteiger partial charge in [0, 0.05) is 30.8 Å². The fourth-order valence-corrected chi connectivity index (χ4v) is 3.51. The number of nitrogens with two attached hydrogens (primary N) is 1. The smallest absolute Gasteiger partial charge is 0.387 e. The van der Waals surface area contributed by atoms with Gasteiger partial charge in [0.2, 0.25) is 5.89 Å². The van der Waals surface area contributed by atoms with Gasteiger partial charge in [0.15, 0.2) is 23.0 Å². The Labute approximate surface area is 217 Å². The highest BCUT2D eigenvalue weighted by Crippen LogP contribution is 2.37. The molecule has 1 aromatic heterocycles. The third kappa shape index (κ3) is 6.92. The largest absolute Gasteiger partial charge is 0.489 e. The van der Waals surface area contributed by atoms with Gasteiger partial charge in [-0.1, -0.05) is 6.07 Å². The van der Waals surface area contributed by atoms with E-state index in [1.54, 1.807) is 6.92 Å². The van der Waals surface area contributed by atoms with E-state index >= 15 is 0 Å². The van der Waals surface area contributed by atoms with Gasteiger partial charge < -0.3 is 24.5 Å². The van der Waals surface area contributed by atoms with Crippen molar-refractivity contribution >= 4 is 18.3 Å². The number of halogens is 5. The van der Waals surface area contributed by atoms with Crippen LogP contribution in [0.25, 0.3) is 11.5 Å². The fraction of sp³-hybridized carbons (Fsp3) is 0.360. The summed E-state index contributed by atoms with van der Waals surface area (Å²) in [6.45, 7) is -1.22. The maximum atomic E-state index is 14.1. The van der Waals surface area contributed by atoms with Gasteiger partial charge in [-0.15, -0.1) is 12.4 Å². The predicted octanol–water partition coefficient (Wildman–Crippen LogP) is 5.72. The fourth-order valence-electron chi connectivity index (χ4n) is 3.51. The van der Waals surface area contributed by atoms with Crippen molar-refractivity contribution < 1.29 is 36.2 Å². The van der Waals surface area contributed by atoms with Crippen LogP contribution in [0.15, 0.2) is 40.8 Å². The van der Waals surface area contributed by atoms with Crippen molar-refractivity contribution in [3.63, 3.8) is 0 Å². The number of hydrogen-bond donors (Lipinski definition) is 1. The first kappa shape index (κ1) is 28.3. The number of ether oxygens (including phenoxy) is 2. The normalized spacial score (nSPS) is 13.7. The zero-order valence-corrected chi connectivity index (χ0v) is 20.9. The van der Waals surface area contributed by atoms with Crippen LogP contribution in [0.5, 0.6) is 11.5 Å². The summed E-state index contributed by atoms with van der Waals surface area (Å²) in [6, 6.07) is 6.58. The van der Waals surface area contributed by atoms with E-state index in [1.165, 1.54) is 36.2 Å². The number of carbonyl (C=O) groups excluding carboxylic acids is 1. The quantitative estimate of drug-likeness (QED) is 0.329. The highest BCUT2D eigenvalue weighted by molar-refractivity contribution is 5.93. The lowest BCUT2D eigenvalue weighted by Gasteiger charge is -2.17. The number of aromatic nitrogens is 1. The number of carbonyl (C=O) groups is 1. The summed E-state index contributed by atoms with van der Waals surface area (Å²) in [7, 11) is 1.44. The van der Waals surface area contributed by atoms with E-state index in [-0.39, 0.29) is 53.4 Å². The summed E-state index contributed by atoms with van der Waals surface area (Å²) in [5.41, 5.74) is 6.39. The molecule has 1 saturated carbocycles. The Morgan fingerprint density at radius 2 is 1.92 bits per heavy atom. The first-order valence-electron chi connectivity index (χ1n) is 11.3. The molecule has 0 radical (unpaired) electrons. The second kappa shape index (κ2) is 11.8. The van der Waals surface area contributed by atoms with Gasteiger partial charge in [0.1, 0.15) is 11.6 Å². The molecule has 1 fully saturated rings. The number of hydrogen-bond acceptors (Lipinski definition) is 6. The first-order chi connectivity index (χ1) is 17.1. The van der Waals surface area contributed by atoms with Crippen molar-refractivity contribution in [3.05, 3.63) is 65.1 Å². The highest BCUT2D eigenvalue weighted by Gasteiger charge is 2.27. The van der Waals surface area contributed by atoms with Crippen molar-refractivity contribution in [2.75, 3.05) is 13.7 Å². The molecule has 12 heteroatoms. The van der Waals surface area contributed by atoms with E-state index in [4.69, 9.17) is 14.9 Å². The molecule has 200 valence electrons. The van der Waals surface area contributed by atoms with E-state index in [2.05, 4.69) is 9.72 Å². The third-order valence-corrected chi connectivity index (χ3v) is 5.62. The number of rotatable bonds is 10. The lowest BCUT2D eigenvalue weighted by Crippen LogP contribution is -2.28. The van der Waals surface area contributed by atoms with Crippen LogP contribution in [-0.4, -0.2) is 36.1 Å². The number of benzene rings is 2. The van der Waals surface area contributed by atoms with E-state index in [0.29, 0.717) is 18.1 Å². The van der Waals surface area contributed by atoms with Gasteiger partial charge in [0.25, 0.3) is 5.91 Å². The number of amides is 1. The van der Waals surface area contributed by atoms with Crippen LogP contribution in [0.4, 0.5) is 17.6 Å². The van der Waals surface area contributed by atoms with E-state index in [9.17, 15) is 22.4 Å². The summed E-state index contributed by atoms with van der Waals surface area (Å²) in [4.78, 5) is 18.7. The van der Waals surface area contributed by atoms with Crippen LogP contribution < -0.4 is 15.2 Å². The average Bonchev–Trinajstić information content (AvgIpc) is 3.54. The molecule has 2 N–H and O–H groups in total. The van der Waals surface area contributed by atoms with Crippen LogP contribution in [0, 0.1) is 17.6 Å². The molecular weight excluding hydrogens is 518 g/mol. The molecule has 1 unspecified atom stereocenters. The molecule has 7 nitrogen and oxygen atoms in total. The molecule has 1 atom stereocenters. The molecule has 1 aliphatic carbocycles. The van der Waals surface area contributed by atoms with E-state index < -0.39 is 30.2 Å². The van der Waals surface area contributed by atoms with Crippen LogP contribution in [0.2, 0.25) is 0 Å². The number of oxazole rings is 1. The van der Waals surface area contributed by atoms with Crippen molar-refractivity contribution in [2.45, 2.75) is 39.0 Å². The molecule has 1 heterocycles. The Hall–Kier alpha value is -3.31. The topological polar surface area (TPSA) is 90.8 Å². The van der Waals surface area contributed by atoms with Crippen molar-refractivity contribution in [2.24, 2.45) is 11.7 Å². The minimum atomic E-state index is -3.03. The van der Waals surface area contributed by atoms with Gasteiger partial charge in [0.05, 0.1) is 12.6 Å². The Morgan fingerprint density at radius 3 is 2.54 bits per heavy atom. The third-order valence-electron chi connectivity index (χ3n) is 5.62. The standard InChI is InChI=1S/C25H25F4N3O4.ClH/c1-13(30)22-21(24(33)32(2)11-16-5-7-17(26)10-18(16)27)31-23(36-22)15-6-8-19(35-25(28)29)20(9-15)34-12-14-3-4-14;/h5-10,13-14,25H,3-4,11-12,30H2,1-2H3;1H. The molecule has 0 aliphatic heterocycles. The number of alkyl halides is 2. The zero-order valence-electron chi connectivity index (χ0n) is 20.0. The molecule has 0 bridgehead atoms. The summed E-state index contributed by atoms with van der Waals surface area (Å²) >= 11 is 0. The Bertz CT molecular complexity index is 1250. The molecule has 0 spiro atoms. The van der Waals surface area contributed by atoms with Crippen molar-refractivity contribution in [1.29, 1.82) is 0 Å². The van der Waals surface area contributed by atoms with Crippen LogP contribution in [-0.2, 0) is 6.54 Å².